The van der Waals surface area contributed by atoms with Gasteiger partial charge in [0.15, 0.2) is 13.2 Å². The monoisotopic (exact) mass is 450 g/mol. The van der Waals surface area contributed by atoms with Crippen molar-refractivity contribution in [3.63, 3.8) is 0 Å². The van der Waals surface area contributed by atoms with Crippen molar-refractivity contribution in [3.8, 4) is 11.5 Å². The number of rotatable bonds is 8. The molecule has 0 fully saturated rings. The number of halogens is 6. The summed E-state index contributed by atoms with van der Waals surface area (Å²) in [4.78, 5) is 22.5. The van der Waals surface area contributed by atoms with Gasteiger partial charge in [-0.05, 0) is 35.9 Å². The maximum absolute atomic E-state index is 12.8. The first kappa shape index (κ1) is 23.8. The van der Waals surface area contributed by atoms with E-state index in [-0.39, 0.29) is 19.2 Å². The molecule has 12 heteroatoms. The van der Waals surface area contributed by atoms with Crippen LogP contribution in [0.5, 0.6) is 11.5 Å². The third-order valence-electron chi connectivity index (χ3n) is 3.73. The van der Waals surface area contributed by atoms with Crippen molar-refractivity contribution < 1.29 is 45.4 Å². The highest BCUT2D eigenvalue weighted by molar-refractivity contribution is 5.77. The van der Waals surface area contributed by atoms with Crippen LogP contribution < -0.4 is 20.5 Å². The second-order valence-corrected chi connectivity index (χ2v) is 6.21. The lowest BCUT2D eigenvalue weighted by molar-refractivity contribution is -0.143. The van der Waals surface area contributed by atoms with Crippen molar-refractivity contribution in [1.29, 1.82) is 0 Å². The van der Waals surface area contributed by atoms with E-state index in [0.29, 0.717) is 23.4 Å². The summed E-state index contributed by atoms with van der Waals surface area (Å²) in [6.07, 6.45) is -10.0. The molecule has 31 heavy (non-hydrogen) atoms. The maximum atomic E-state index is 12.8. The van der Waals surface area contributed by atoms with E-state index < -0.39 is 47.7 Å². The molecule has 0 saturated heterocycles. The Balaban J connectivity index is 1.94. The molecule has 2 rings (SSSR count). The maximum Gasteiger partial charge on any atom is 0.416 e. The highest BCUT2D eigenvalue weighted by Gasteiger charge is 2.37. The SMILES string of the molecule is NC(=O)COc1ccc(CNC(=O)COc2cc(C(F)(F)F)cc(C(F)(F)F)c2)cc1. The van der Waals surface area contributed by atoms with Gasteiger partial charge in [-0.2, -0.15) is 26.3 Å². The van der Waals surface area contributed by atoms with Crippen molar-refractivity contribution in [2.75, 3.05) is 13.2 Å². The van der Waals surface area contributed by atoms with E-state index in [9.17, 15) is 35.9 Å². The number of carbonyl (C=O) groups excluding carboxylic acids is 2. The van der Waals surface area contributed by atoms with Crippen LogP contribution in [0.25, 0.3) is 0 Å². The number of alkyl halides is 6. The molecule has 168 valence electrons. The molecule has 0 aromatic heterocycles. The van der Waals surface area contributed by atoms with Crippen LogP contribution in [0.15, 0.2) is 42.5 Å². The molecule has 0 aliphatic heterocycles. The van der Waals surface area contributed by atoms with E-state index >= 15 is 0 Å². The first-order valence-corrected chi connectivity index (χ1v) is 8.53. The molecule has 0 atom stereocenters. The van der Waals surface area contributed by atoms with Gasteiger partial charge < -0.3 is 20.5 Å². The quantitative estimate of drug-likeness (QED) is 0.604. The molecule has 0 unspecified atom stereocenters. The van der Waals surface area contributed by atoms with E-state index in [2.05, 4.69) is 5.32 Å². The van der Waals surface area contributed by atoms with Crippen LogP contribution in [0.1, 0.15) is 16.7 Å². The molecule has 0 aliphatic carbocycles. The number of amides is 2. The van der Waals surface area contributed by atoms with Crippen molar-refractivity contribution in [3.05, 3.63) is 59.2 Å². The summed E-state index contributed by atoms with van der Waals surface area (Å²) in [5.74, 6) is -1.80. The average molecular weight is 450 g/mol. The fourth-order valence-corrected chi connectivity index (χ4v) is 2.27. The lowest BCUT2D eigenvalue weighted by atomic mass is 10.1. The molecule has 3 N–H and O–H groups in total. The first-order valence-electron chi connectivity index (χ1n) is 8.53. The molecule has 0 saturated carbocycles. The summed E-state index contributed by atoms with van der Waals surface area (Å²) in [6, 6.07) is 6.90. The van der Waals surface area contributed by atoms with Gasteiger partial charge in [-0.3, -0.25) is 9.59 Å². The topological polar surface area (TPSA) is 90.7 Å². The zero-order valence-corrected chi connectivity index (χ0v) is 15.6. The van der Waals surface area contributed by atoms with Gasteiger partial charge in [0.2, 0.25) is 0 Å². The predicted molar refractivity (Wildman–Crippen MR) is 94.9 cm³/mol. The fourth-order valence-electron chi connectivity index (χ4n) is 2.27. The normalized spacial score (nSPS) is 11.7. The number of benzene rings is 2. The van der Waals surface area contributed by atoms with Gasteiger partial charge in [-0.15, -0.1) is 0 Å². The Kier molecular flexibility index (Phi) is 7.37. The summed E-state index contributed by atoms with van der Waals surface area (Å²) in [5, 5.41) is 2.41. The zero-order chi connectivity index (χ0) is 23.2. The number of ether oxygens (including phenoxy) is 2. The lowest BCUT2D eigenvalue weighted by Crippen LogP contribution is -2.28. The Bertz CT molecular complexity index is 894. The molecular formula is C19H16F6N2O4. The Morgan fingerprint density at radius 2 is 1.32 bits per heavy atom. The van der Waals surface area contributed by atoms with E-state index in [1.54, 1.807) is 12.1 Å². The number of nitrogens with two attached hydrogens (primary N) is 1. The lowest BCUT2D eigenvalue weighted by Gasteiger charge is -2.14. The molecular weight excluding hydrogens is 434 g/mol. The van der Waals surface area contributed by atoms with E-state index in [0.717, 1.165) is 0 Å². The molecule has 2 aromatic carbocycles. The Morgan fingerprint density at radius 3 is 1.81 bits per heavy atom. The van der Waals surface area contributed by atoms with Crippen molar-refractivity contribution in [2.24, 2.45) is 5.73 Å². The summed E-state index contributed by atoms with van der Waals surface area (Å²) in [7, 11) is 0. The Morgan fingerprint density at radius 1 is 0.806 bits per heavy atom. The van der Waals surface area contributed by atoms with Crippen LogP contribution in [0, 0.1) is 0 Å². The molecule has 0 bridgehead atoms. The standard InChI is InChI=1S/C19H16F6N2O4/c20-18(21,22)12-5-13(19(23,24)25)7-15(6-12)31-10-17(29)27-8-11-1-3-14(4-2-11)30-9-16(26)28/h1-7H,8-10H2,(H2,26,28)(H,27,29). The van der Waals surface area contributed by atoms with E-state index in [4.69, 9.17) is 15.2 Å². The first-order chi connectivity index (χ1) is 14.3. The highest BCUT2D eigenvalue weighted by Crippen LogP contribution is 2.38. The Hall–Kier alpha value is -3.44. The summed E-state index contributed by atoms with van der Waals surface area (Å²) < 4.78 is 86.8. The minimum atomic E-state index is -5.02. The smallest absolute Gasteiger partial charge is 0.416 e. The van der Waals surface area contributed by atoms with Gasteiger partial charge in [-0.25, -0.2) is 0 Å². The molecule has 0 aliphatic rings. The third kappa shape index (κ3) is 7.72. The number of hydrogen-bond acceptors (Lipinski definition) is 4. The third-order valence-corrected chi connectivity index (χ3v) is 3.73. The Labute approximate surface area is 171 Å². The minimum absolute atomic E-state index is 0.00862. The molecule has 0 heterocycles. The summed E-state index contributed by atoms with van der Waals surface area (Å²) in [5.41, 5.74) is 2.47. The summed E-state index contributed by atoms with van der Waals surface area (Å²) in [6.45, 7) is -1.09. The fraction of sp³-hybridized carbons (Fsp3) is 0.263. The van der Waals surface area contributed by atoms with Crippen LogP contribution >= 0.6 is 0 Å². The molecule has 0 spiro atoms. The number of carbonyl (C=O) groups is 2. The van der Waals surface area contributed by atoms with Gasteiger partial charge in [0, 0.05) is 6.54 Å². The van der Waals surface area contributed by atoms with Gasteiger partial charge in [0.05, 0.1) is 11.1 Å². The van der Waals surface area contributed by atoms with E-state index in [1.807, 2.05) is 0 Å². The van der Waals surface area contributed by atoms with Crippen LogP contribution in [0.3, 0.4) is 0 Å². The second-order valence-electron chi connectivity index (χ2n) is 6.21. The van der Waals surface area contributed by atoms with Crippen LogP contribution in [0.4, 0.5) is 26.3 Å². The van der Waals surface area contributed by atoms with Gasteiger partial charge in [-0.1, -0.05) is 12.1 Å². The van der Waals surface area contributed by atoms with E-state index in [1.165, 1.54) is 12.1 Å². The number of hydrogen-bond donors (Lipinski definition) is 2. The second kappa shape index (κ2) is 9.58. The molecule has 0 radical (unpaired) electrons. The number of primary amides is 1. The summed E-state index contributed by atoms with van der Waals surface area (Å²) >= 11 is 0. The van der Waals surface area contributed by atoms with Gasteiger partial charge in [0.1, 0.15) is 11.5 Å². The molecule has 2 amide bonds. The van der Waals surface area contributed by atoms with Crippen molar-refractivity contribution in [1.82, 2.24) is 5.32 Å². The average Bonchev–Trinajstić information content (AvgIpc) is 2.68. The minimum Gasteiger partial charge on any atom is -0.484 e. The van der Waals surface area contributed by atoms with Crippen LogP contribution in [-0.2, 0) is 28.5 Å². The predicted octanol–water partition coefficient (Wildman–Crippen LogP) is 3.28. The molecule has 2 aromatic rings. The number of nitrogens with one attached hydrogen (secondary N) is 1. The van der Waals surface area contributed by atoms with Crippen molar-refractivity contribution in [2.45, 2.75) is 18.9 Å². The van der Waals surface area contributed by atoms with Crippen LogP contribution in [-0.4, -0.2) is 25.0 Å². The van der Waals surface area contributed by atoms with Gasteiger partial charge >= 0.3 is 12.4 Å². The zero-order valence-electron chi connectivity index (χ0n) is 15.6. The highest BCUT2D eigenvalue weighted by atomic mass is 19.4. The van der Waals surface area contributed by atoms with Gasteiger partial charge in [0.25, 0.3) is 11.8 Å². The largest absolute Gasteiger partial charge is 0.484 e. The van der Waals surface area contributed by atoms with Crippen molar-refractivity contribution >= 4 is 11.8 Å². The van der Waals surface area contributed by atoms with Crippen LogP contribution in [0.2, 0.25) is 0 Å². The molecule has 6 nitrogen and oxygen atoms in total.